The molecule has 0 fully saturated rings. The van der Waals surface area contributed by atoms with Gasteiger partial charge in [0.25, 0.3) is 0 Å². The van der Waals surface area contributed by atoms with Gasteiger partial charge in [0.1, 0.15) is 0 Å². The van der Waals surface area contributed by atoms with Crippen LogP contribution in [-0.2, 0) is 6.42 Å². The van der Waals surface area contributed by atoms with Crippen LogP contribution in [0.25, 0.3) is 0 Å². The van der Waals surface area contributed by atoms with E-state index in [1.807, 2.05) is 0 Å². The Morgan fingerprint density at radius 1 is 1.50 bits per heavy atom. The molecule has 0 aliphatic rings. The van der Waals surface area contributed by atoms with Crippen molar-refractivity contribution in [2.45, 2.75) is 26.2 Å². The summed E-state index contributed by atoms with van der Waals surface area (Å²) >= 11 is 0. The van der Waals surface area contributed by atoms with E-state index in [-0.39, 0.29) is 24.7 Å². The van der Waals surface area contributed by atoms with Gasteiger partial charge in [-0.2, -0.15) is 18.2 Å². The van der Waals surface area contributed by atoms with Crippen molar-refractivity contribution >= 4 is 0 Å². The van der Waals surface area contributed by atoms with Crippen molar-refractivity contribution in [1.29, 1.82) is 0 Å². The van der Waals surface area contributed by atoms with Gasteiger partial charge < -0.3 is 0 Å². The van der Waals surface area contributed by atoms with E-state index in [0.29, 0.717) is 0 Å². The number of benzene rings is 1. The summed E-state index contributed by atoms with van der Waals surface area (Å²) in [6.45, 7) is 2.10. The molecule has 0 saturated heterocycles. The van der Waals surface area contributed by atoms with E-state index in [4.69, 9.17) is 0 Å². The molecule has 0 aliphatic heterocycles. The molecule has 0 amide bonds. The molecule has 0 radical (unpaired) electrons. The van der Waals surface area contributed by atoms with Crippen molar-refractivity contribution in [3.8, 4) is 0 Å². The maximum atomic E-state index is 12.9. The molecular weight excluding hydrogens is 146 g/mol. The summed E-state index contributed by atoms with van der Waals surface area (Å²) < 4.78 is 12.9. The fourth-order valence-electron chi connectivity index (χ4n) is 1.01. The standard InChI is InChI=1S/C10H12F.Li/c1-2-3-6-9-7-4-5-8-10(9)11;/h4,7-8H,2-3,6H2,1H3;/q-1;+1. The quantitative estimate of drug-likeness (QED) is 0.428. The Hall–Kier alpha value is -0.253. The first kappa shape index (κ1) is 11.7. The van der Waals surface area contributed by atoms with Crippen LogP contribution in [-0.4, -0.2) is 0 Å². The Labute approximate surface area is 85.4 Å². The van der Waals surface area contributed by atoms with Gasteiger partial charge in [0, 0.05) is 5.82 Å². The number of unbranched alkanes of at least 4 members (excludes halogenated alkanes) is 1. The molecule has 2 heteroatoms. The molecule has 0 bridgehead atoms. The minimum absolute atomic E-state index is 0. The smallest absolute Gasteiger partial charge is 0.284 e. The normalized spacial score (nSPS) is 9.17. The molecule has 0 nitrogen and oxygen atoms in total. The van der Waals surface area contributed by atoms with Crippen molar-refractivity contribution in [1.82, 2.24) is 0 Å². The molecule has 12 heavy (non-hydrogen) atoms. The van der Waals surface area contributed by atoms with Gasteiger partial charge >= 0.3 is 18.9 Å². The topological polar surface area (TPSA) is 0 Å². The van der Waals surface area contributed by atoms with Crippen LogP contribution in [0.2, 0.25) is 0 Å². The Morgan fingerprint density at radius 3 is 2.83 bits per heavy atom. The number of hydrogen-bond donors (Lipinski definition) is 0. The minimum Gasteiger partial charge on any atom is -0.284 e. The van der Waals surface area contributed by atoms with Crippen LogP contribution < -0.4 is 18.9 Å². The zero-order chi connectivity index (χ0) is 8.10. The molecule has 0 spiro atoms. The number of rotatable bonds is 3. The van der Waals surface area contributed by atoms with E-state index in [2.05, 4.69) is 13.0 Å². The third-order valence-corrected chi connectivity index (χ3v) is 1.70. The SMILES string of the molecule is CCCCc1cc[c-]cc1F.[Li+]. The molecule has 0 unspecified atom stereocenters. The summed E-state index contributed by atoms with van der Waals surface area (Å²) in [6.07, 6.45) is 3.01. The fraction of sp³-hybridized carbons (Fsp3) is 0.400. The van der Waals surface area contributed by atoms with Gasteiger partial charge in [-0.15, -0.1) is 11.6 Å². The molecule has 60 valence electrons. The van der Waals surface area contributed by atoms with Crippen molar-refractivity contribution in [2.75, 3.05) is 0 Å². The van der Waals surface area contributed by atoms with Crippen molar-refractivity contribution < 1.29 is 23.3 Å². The molecular formula is C10H12FLi. The van der Waals surface area contributed by atoms with E-state index in [1.54, 1.807) is 12.1 Å². The second-order valence-corrected chi connectivity index (χ2v) is 2.62. The maximum absolute atomic E-state index is 12.9. The van der Waals surface area contributed by atoms with Gasteiger partial charge in [-0.25, -0.2) is 0 Å². The van der Waals surface area contributed by atoms with Crippen LogP contribution >= 0.6 is 0 Å². The first-order valence-corrected chi connectivity index (χ1v) is 3.99. The van der Waals surface area contributed by atoms with Crippen molar-refractivity contribution in [3.63, 3.8) is 0 Å². The van der Waals surface area contributed by atoms with Crippen LogP contribution in [0.15, 0.2) is 18.2 Å². The Morgan fingerprint density at radius 2 is 2.25 bits per heavy atom. The average molecular weight is 158 g/mol. The van der Waals surface area contributed by atoms with Gasteiger partial charge in [0.15, 0.2) is 0 Å². The van der Waals surface area contributed by atoms with Crippen molar-refractivity contribution in [2.24, 2.45) is 0 Å². The van der Waals surface area contributed by atoms with Gasteiger partial charge in [0.2, 0.25) is 0 Å². The third-order valence-electron chi connectivity index (χ3n) is 1.70. The second kappa shape index (κ2) is 6.28. The molecule has 0 aromatic heterocycles. The van der Waals surface area contributed by atoms with Crippen LogP contribution in [0, 0.1) is 11.9 Å². The largest absolute Gasteiger partial charge is 1.00 e. The molecule has 0 atom stereocenters. The zero-order valence-corrected chi connectivity index (χ0v) is 7.73. The molecule has 1 aromatic carbocycles. The van der Waals surface area contributed by atoms with E-state index in [1.165, 1.54) is 6.07 Å². The summed E-state index contributed by atoms with van der Waals surface area (Å²) in [5.74, 6) is -0.124. The Kier molecular flexibility index (Phi) is 6.15. The fourth-order valence-corrected chi connectivity index (χ4v) is 1.01. The van der Waals surface area contributed by atoms with E-state index < -0.39 is 0 Å². The molecule has 0 saturated carbocycles. The van der Waals surface area contributed by atoms with Crippen LogP contribution in [0.4, 0.5) is 4.39 Å². The zero-order valence-electron chi connectivity index (χ0n) is 7.73. The maximum Gasteiger partial charge on any atom is 1.00 e. The van der Waals surface area contributed by atoms with Gasteiger partial charge in [-0.05, 0) is 6.42 Å². The first-order chi connectivity index (χ1) is 5.34. The summed E-state index contributed by atoms with van der Waals surface area (Å²) in [5.41, 5.74) is 0.811. The van der Waals surface area contributed by atoms with Crippen LogP contribution in [0.3, 0.4) is 0 Å². The number of aryl methyl sites for hydroxylation is 1. The summed E-state index contributed by atoms with van der Waals surface area (Å²) in [5, 5.41) is 0. The molecule has 1 rings (SSSR count). The molecule has 0 aliphatic carbocycles. The third kappa shape index (κ3) is 3.43. The minimum atomic E-state index is -0.124. The monoisotopic (exact) mass is 158 g/mol. The Bertz CT molecular complexity index is 223. The van der Waals surface area contributed by atoms with Gasteiger partial charge in [-0.3, -0.25) is 4.39 Å². The summed E-state index contributed by atoms with van der Waals surface area (Å²) in [7, 11) is 0. The van der Waals surface area contributed by atoms with Crippen LogP contribution in [0.1, 0.15) is 25.3 Å². The second-order valence-electron chi connectivity index (χ2n) is 2.62. The molecule has 1 aromatic rings. The predicted molar refractivity (Wildman–Crippen MR) is 43.8 cm³/mol. The van der Waals surface area contributed by atoms with E-state index in [0.717, 1.165) is 24.8 Å². The summed E-state index contributed by atoms with van der Waals surface area (Å²) in [4.78, 5) is 0. The molecule has 0 N–H and O–H groups in total. The Balaban J connectivity index is 0.00000121. The molecule has 0 heterocycles. The van der Waals surface area contributed by atoms with Crippen LogP contribution in [0.5, 0.6) is 0 Å². The van der Waals surface area contributed by atoms with E-state index >= 15 is 0 Å². The van der Waals surface area contributed by atoms with E-state index in [9.17, 15) is 4.39 Å². The number of halogens is 1. The predicted octanol–water partition coefficient (Wildman–Crippen LogP) is -0.0275. The first-order valence-electron chi connectivity index (χ1n) is 3.99. The van der Waals surface area contributed by atoms with Crippen molar-refractivity contribution in [3.05, 3.63) is 35.6 Å². The van der Waals surface area contributed by atoms with Gasteiger partial charge in [0.05, 0.1) is 0 Å². The van der Waals surface area contributed by atoms with Gasteiger partial charge in [-0.1, -0.05) is 19.8 Å². The average Bonchev–Trinajstić information content (AvgIpc) is 2.03. The number of hydrogen-bond acceptors (Lipinski definition) is 0. The summed E-state index contributed by atoms with van der Waals surface area (Å²) in [6, 6.07) is 7.65.